The minimum Gasteiger partial charge on any atom is -0.456 e. The Kier molecular flexibility index (Phi) is 7.05. The fourth-order valence-corrected chi connectivity index (χ4v) is 9.15. The Morgan fingerprint density at radius 2 is 1.07 bits per heavy atom. The normalized spacial score (nSPS) is 14.0. The Bertz CT molecular complexity index is 3380. The highest BCUT2D eigenvalue weighted by Crippen LogP contribution is 2.49. The van der Waals surface area contributed by atoms with Crippen LogP contribution in [0, 0.1) is 0 Å². The summed E-state index contributed by atoms with van der Waals surface area (Å²) in [6.07, 6.45) is 1.82. The molecule has 0 amide bonds. The molecule has 0 spiro atoms. The molecule has 3 aromatic heterocycles. The van der Waals surface area contributed by atoms with Crippen LogP contribution in [-0.2, 0) is 6.42 Å². The van der Waals surface area contributed by atoms with Crippen molar-refractivity contribution in [1.82, 2.24) is 15.0 Å². The highest BCUT2D eigenvalue weighted by molar-refractivity contribution is 6.09. The Balaban J connectivity index is 1.12. The van der Waals surface area contributed by atoms with Gasteiger partial charge in [-0.25, -0.2) is 15.0 Å². The van der Waals surface area contributed by atoms with E-state index in [9.17, 15) is 0 Å². The maximum absolute atomic E-state index is 6.60. The topological polar surface area (TPSA) is 65.0 Å². The number of aromatic nitrogens is 3. The van der Waals surface area contributed by atoms with E-state index in [1.165, 1.54) is 38.6 Å². The SMILES string of the molecule is c1ccc(-c2nc(-c3ccc4c(c3)oc3ccccc34)nc(-c3ccc4oc5ccccc5c4c3C3CCc4cc5ccccc5cc4-c4ccccc43)n2)cc1. The van der Waals surface area contributed by atoms with Crippen molar-refractivity contribution in [3.8, 4) is 45.3 Å². The Labute approximate surface area is 327 Å². The minimum atomic E-state index is 0.0173. The average molecular weight is 732 g/mol. The molecule has 0 radical (unpaired) electrons. The van der Waals surface area contributed by atoms with Gasteiger partial charge in [0.05, 0.1) is 0 Å². The summed E-state index contributed by atoms with van der Waals surface area (Å²) >= 11 is 0. The van der Waals surface area contributed by atoms with Crippen LogP contribution in [0.3, 0.4) is 0 Å². The predicted molar refractivity (Wildman–Crippen MR) is 230 cm³/mol. The molecule has 1 aliphatic carbocycles. The predicted octanol–water partition coefficient (Wildman–Crippen LogP) is 13.6. The van der Waals surface area contributed by atoms with Gasteiger partial charge < -0.3 is 8.83 Å². The largest absolute Gasteiger partial charge is 0.456 e. The van der Waals surface area contributed by atoms with Crippen molar-refractivity contribution in [2.75, 3.05) is 0 Å². The Morgan fingerprint density at radius 1 is 0.421 bits per heavy atom. The second-order valence-electron chi connectivity index (χ2n) is 15.0. The molecule has 57 heavy (non-hydrogen) atoms. The van der Waals surface area contributed by atoms with E-state index in [0.29, 0.717) is 17.5 Å². The van der Waals surface area contributed by atoms with Crippen molar-refractivity contribution < 1.29 is 8.83 Å². The van der Waals surface area contributed by atoms with Crippen LogP contribution in [0.1, 0.15) is 29.0 Å². The molecule has 0 fully saturated rings. The van der Waals surface area contributed by atoms with Crippen molar-refractivity contribution in [3.63, 3.8) is 0 Å². The highest BCUT2D eigenvalue weighted by Gasteiger charge is 2.30. The number of aryl methyl sites for hydroxylation is 1. The van der Waals surface area contributed by atoms with Crippen molar-refractivity contribution in [2.45, 2.75) is 18.8 Å². The first-order chi connectivity index (χ1) is 28.2. The first-order valence-corrected chi connectivity index (χ1v) is 19.5. The maximum Gasteiger partial charge on any atom is 0.164 e. The molecule has 1 atom stereocenters. The van der Waals surface area contributed by atoms with E-state index in [1.54, 1.807) is 0 Å². The number of rotatable bonds is 4. The molecule has 5 heteroatoms. The summed E-state index contributed by atoms with van der Waals surface area (Å²) in [7, 11) is 0. The van der Waals surface area contributed by atoms with Crippen molar-refractivity contribution in [3.05, 3.63) is 187 Å². The zero-order valence-corrected chi connectivity index (χ0v) is 30.8. The number of benzene rings is 8. The summed E-state index contributed by atoms with van der Waals surface area (Å²) in [5, 5.41) is 6.85. The standard InChI is InChI=1S/C52H33N3O2/c1-2-12-31(13-3-1)50-53-51(35-23-24-39-38-18-8-10-20-44(38)57-47(39)30-35)55-52(54-50)42-26-27-46-49(41-19-9-11-21-45(41)56-46)48(42)40-25-22-34-28-32-14-4-5-15-33(32)29-43(34)37-17-7-6-16-36(37)40/h1-21,23-24,26-30,40H,22,25H2. The van der Waals surface area contributed by atoms with Gasteiger partial charge in [0.15, 0.2) is 17.5 Å². The lowest BCUT2D eigenvalue weighted by Crippen LogP contribution is -2.08. The zero-order chi connectivity index (χ0) is 37.5. The number of para-hydroxylation sites is 2. The monoisotopic (exact) mass is 731 g/mol. The summed E-state index contributed by atoms with van der Waals surface area (Å²) in [6.45, 7) is 0. The number of furan rings is 2. The molecule has 0 bridgehead atoms. The van der Waals surface area contributed by atoms with Crippen LogP contribution in [0.25, 0.3) is 99.9 Å². The summed E-state index contributed by atoms with van der Waals surface area (Å²) < 4.78 is 12.9. The van der Waals surface area contributed by atoms with Gasteiger partial charge in [0.2, 0.25) is 0 Å². The van der Waals surface area contributed by atoms with Gasteiger partial charge >= 0.3 is 0 Å². The third-order valence-electron chi connectivity index (χ3n) is 11.8. The van der Waals surface area contributed by atoms with Crippen LogP contribution in [0.4, 0.5) is 0 Å². The molecule has 0 saturated carbocycles. The molecule has 11 aromatic rings. The van der Waals surface area contributed by atoms with Crippen LogP contribution < -0.4 is 0 Å². The van der Waals surface area contributed by atoms with Gasteiger partial charge in [-0.3, -0.25) is 0 Å². The molecule has 0 aliphatic heterocycles. The van der Waals surface area contributed by atoms with Crippen molar-refractivity contribution in [2.24, 2.45) is 0 Å². The highest BCUT2D eigenvalue weighted by atomic mass is 16.3. The number of hydrogen-bond donors (Lipinski definition) is 0. The van der Waals surface area contributed by atoms with Crippen LogP contribution in [0.2, 0.25) is 0 Å². The van der Waals surface area contributed by atoms with Gasteiger partial charge in [-0.05, 0) is 93.9 Å². The molecule has 12 rings (SSSR count). The van der Waals surface area contributed by atoms with E-state index in [1.807, 2.05) is 42.5 Å². The second kappa shape index (κ2) is 12.6. The lowest BCUT2D eigenvalue weighted by Gasteiger charge is -2.23. The van der Waals surface area contributed by atoms with E-state index in [-0.39, 0.29) is 5.92 Å². The van der Waals surface area contributed by atoms with E-state index in [4.69, 9.17) is 23.8 Å². The first-order valence-electron chi connectivity index (χ1n) is 19.5. The minimum absolute atomic E-state index is 0.0173. The van der Waals surface area contributed by atoms with Crippen LogP contribution in [-0.4, -0.2) is 15.0 Å². The van der Waals surface area contributed by atoms with Gasteiger partial charge in [0.25, 0.3) is 0 Å². The number of hydrogen-bond acceptors (Lipinski definition) is 5. The van der Waals surface area contributed by atoms with Gasteiger partial charge in [0, 0.05) is 44.2 Å². The fraction of sp³-hybridized carbons (Fsp3) is 0.0577. The Morgan fingerprint density at radius 3 is 1.93 bits per heavy atom. The van der Waals surface area contributed by atoms with E-state index in [0.717, 1.165) is 73.4 Å². The summed E-state index contributed by atoms with van der Waals surface area (Å²) in [6, 6.07) is 59.6. The molecule has 1 aliphatic rings. The number of nitrogens with zero attached hydrogens (tertiary/aromatic N) is 3. The van der Waals surface area contributed by atoms with Gasteiger partial charge in [-0.15, -0.1) is 0 Å². The van der Waals surface area contributed by atoms with Gasteiger partial charge in [0.1, 0.15) is 22.3 Å². The zero-order valence-electron chi connectivity index (χ0n) is 30.8. The smallest absolute Gasteiger partial charge is 0.164 e. The quantitative estimate of drug-likeness (QED) is 0.180. The van der Waals surface area contributed by atoms with Crippen LogP contribution in [0.5, 0.6) is 0 Å². The molecule has 0 saturated heterocycles. The Hall–Kier alpha value is -7.37. The lowest BCUT2D eigenvalue weighted by atomic mass is 9.81. The molecule has 0 N–H and O–H groups in total. The van der Waals surface area contributed by atoms with E-state index < -0.39 is 0 Å². The van der Waals surface area contributed by atoms with Crippen LogP contribution >= 0.6 is 0 Å². The molecular weight excluding hydrogens is 699 g/mol. The molecule has 1 unspecified atom stereocenters. The van der Waals surface area contributed by atoms with Gasteiger partial charge in [-0.1, -0.05) is 127 Å². The molecule has 8 aromatic carbocycles. The molecule has 268 valence electrons. The first kappa shape index (κ1) is 31.9. The molecule has 5 nitrogen and oxygen atoms in total. The van der Waals surface area contributed by atoms with Gasteiger partial charge in [-0.2, -0.15) is 0 Å². The van der Waals surface area contributed by atoms with Crippen molar-refractivity contribution >= 4 is 54.6 Å². The lowest BCUT2D eigenvalue weighted by molar-refractivity contribution is 0.667. The fourth-order valence-electron chi connectivity index (χ4n) is 9.15. The van der Waals surface area contributed by atoms with E-state index in [2.05, 4.69) is 127 Å². The molecule has 3 heterocycles. The third kappa shape index (κ3) is 5.13. The van der Waals surface area contributed by atoms with Crippen molar-refractivity contribution in [1.29, 1.82) is 0 Å². The summed E-state index contributed by atoms with van der Waals surface area (Å²) in [4.78, 5) is 15.8. The maximum atomic E-state index is 6.60. The average Bonchev–Trinajstić information content (AvgIpc) is 3.80. The van der Waals surface area contributed by atoms with E-state index >= 15 is 0 Å². The third-order valence-corrected chi connectivity index (χ3v) is 11.8. The van der Waals surface area contributed by atoms with Crippen LogP contribution in [0.15, 0.2) is 179 Å². The second-order valence-corrected chi connectivity index (χ2v) is 15.0. The summed E-state index contributed by atoms with van der Waals surface area (Å²) in [5.41, 5.74) is 12.5. The summed E-state index contributed by atoms with van der Waals surface area (Å²) in [5.74, 6) is 1.84. The molecular formula is C52H33N3O2. The number of fused-ring (bicyclic) bond motifs is 10.